The standard InChI is InChI=1S/C14H16Cl2N2O3/c1-9(19)3-6-14(21)18(2)8-13(20)17-10-4-5-11(15)12(16)7-10/h4-5,7H,3,6,8H2,1-2H3,(H,17,20). The lowest BCUT2D eigenvalue weighted by molar-refractivity contribution is -0.134. The van der Waals surface area contributed by atoms with Crippen LogP contribution in [0.5, 0.6) is 0 Å². The van der Waals surface area contributed by atoms with Gasteiger partial charge in [0.1, 0.15) is 5.78 Å². The van der Waals surface area contributed by atoms with Gasteiger partial charge in [-0.05, 0) is 25.1 Å². The van der Waals surface area contributed by atoms with Crippen LogP contribution in [0.1, 0.15) is 19.8 Å². The van der Waals surface area contributed by atoms with Crippen LogP contribution in [-0.2, 0) is 14.4 Å². The first-order chi connectivity index (χ1) is 9.79. The summed E-state index contributed by atoms with van der Waals surface area (Å²) >= 11 is 11.6. The van der Waals surface area contributed by atoms with E-state index in [1.165, 1.54) is 24.9 Å². The first kappa shape index (κ1) is 17.5. The maximum atomic E-state index is 11.8. The zero-order valence-corrected chi connectivity index (χ0v) is 13.3. The molecule has 0 unspecified atom stereocenters. The number of nitrogens with zero attached hydrogens (tertiary/aromatic N) is 1. The van der Waals surface area contributed by atoms with E-state index in [1.807, 2.05) is 0 Å². The normalized spacial score (nSPS) is 10.1. The molecule has 21 heavy (non-hydrogen) atoms. The average molecular weight is 331 g/mol. The van der Waals surface area contributed by atoms with Gasteiger partial charge in [-0.1, -0.05) is 23.2 Å². The number of carbonyl (C=O) groups excluding carboxylic acids is 3. The Morgan fingerprint density at radius 1 is 1.14 bits per heavy atom. The number of benzene rings is 1. The van der Waals surface area contributed by atoms with Crippen molar-refractivity contribution in [1.29, 1.82) is 0 Å². The quantitative estimate of drug-likeness (QED) is 0.872. The molecule has 5 nitrogen and oxygen atoms in total. The fourth-order valence-corrected chi connectivity index (χ4v) is 1.85. The van der Waals surface area contributed by atoms with Crippen molar-refractivity contribution in [3.05, 3.63) is 28.2 Å². The Bertz CT molecular complexity index is 561. The largest absolute Gasteiger partial charge is 0.336 e. The molecule has 0 radical (unpaired) electrons. The number of hydrogen-bond acceptors (Lipinski definition) is 3. The lowest BCUT2D eigenvalue weighted by Crippen LogP contribution is -2.35. The number of halogens is 2. The number of amides is 2. The third-order valence-corrected chi connectivity index (χ3v) is 3.44. The smallest absolute Gasteiger partial charge is 0.243 e. The van der Waals surface area contributed by atoms with Crippen molar-refractivity contribution in [3.8, 4) is 0 Å². The Morgan fingerprint density at radius 2 is 1.81 bits per heavy atom. The topological polar surface area (TPSA) is 66.5 Å². The monoisotopic (exact) mass is 330 g/mol. The van der Waals surface area contributed by atoms with Crippen molar-refractivity contribution in [3.63, 3.8) is 0 Å². The lowest BCUT2D eigenvalue weighted by Gasteiger charge is -2.16. The summed E-state index contributed by atoms with van der Waals surface area (Å²) in [5, 5.41) is 3.35. The van der Waals surface area contributed by atoms with Crippen LogP contribution in [0.25, 0.3) is 0 Å². The van der Waals surface area contributed by atoms with Gasteiger partial charge in [0.2, 0.25) is 11.8 Å². The van der Waals surface area contributed by atoms with Crippen LogP contribution in [-0.4, -0.2) is 36.1 Å². The van der Waals surface area contributed by atoms with Crippen molar-refractivity contribution in [1.82, 2.24) is 4.90 Å². The minimum Gasteiger partial charge on any atom is -0.336 e. The van der Waals surface area contributed by atoms with E-state index in [0.29, 0.717) is 15.7 Å². The minimum atomic E-state index is -0.355. The lowest BCUT2D eigenvalue weighted by atomic mass is 10.2. The molecule has 0 atom stereocenters. The number of anilines is 1. The minimum absolute atomic E-state index is 0.0583. The number of likely N-dealkylation sites (N-methyl/N-ethyl adjacent to an activating group) is 1. The van der Waals surface area contributed by atoms with Crippen LogP contribution >= 0.6 is 23.2 Å². The van der Waals surface area contributed by atoms with Crippen molar-refractivity contribution >= 4 is 46.5 Å². The van der Waals surface area contributed by atoms with Crippen molar-refractivity contribution < 1.29 is 14.4 Å². The Labute approximate surface area is 133 Å². The molecule has 0 saturated heterocycles. The molecule has 0 saturated carbocycles. The Kier molecular flexibility index (Phi) is 6.65. The van der Waals surface area contributed by atoms with E-state index in [-0.39, 0.29) is 37.0 Å². The molecule has 114 valence electrons. The zero-order chi connectivity index (χ0) is 16.0. The van der Waals surface area contributed by atoms with E-state index in [9.17, 15) is 14.4 Å². The van der Waals surface area contributed by atoms with Gasteiger partial charge >= 0.3 is 0 Å². The van der Waals surface area contributed by atoms with Crippen LogP contribution in [0, 0.1) is 0 Å². The third kappa shape index (κ3) is 6.14. The maximum absolute atomic E-state index is 11.8. The molecule has 2 amide bonds. The fraction of sp³-hybridized carbons (Fsp3) is 0.357. The van der Waals surface area contributed by atoms with Gasteiger partial charge < -0.3 is 15.0 Å². The van der Waals surface area contributed by atoms with Gasteiger partial charge in [0.05, 0.1) is 16.6 Å². The second-order valence-electron chi connectivity index (χ2n) is 4.63. The summed E-state index contributed by atoms with van der Waals surface area (Å²) in [5.41, 5.74) is 0.499. The molecule has 0 spiro atoms. The first-order valence-electron chi connectivity index (χ1n) is 6.28. The highest BCUT2D eigenvalue weighted by atomic mass is 35.5. The molecule has 0 bridgehead atoms. The fourth-order valence-electron chi connectivity index (χ4n) is 1.55. The Morgan fingerprint density at radius 3 is 2.38 bits per heavy atom. The van der Waals surface area contributed by atoms with Gasteiger partial charge in [0.25, 0.3) is 0 Å². The molecule has 0 heterocycles. The molecule has 0 aliphatic carbocycles. The number of nitrogens with one attached hydrogen (secondary N) is 1. The maximum Gasteiger partial charge on any atom is 0.243 e. The van der Waals surface area contributed by atoms with Crippen molar-refractivity contribution in [2.24, 2.45) is 0 Å². The van der Waals surface area contributed by atoms with Crippen LogP contribution < -0.4 is 5.32 Å². The van der Waals surface area contributed by atoms with Gasteiger partial charge in [-0.25, -0.2) is 0 Å². The van der Waals surface area contributed by atoms with Gasteiger partial charge in [0.15, 0.2) is 0 Å². The predicted molar refractivity (Wildman–Crippen MR) is 82.6 cm³/mol. The molecule has 0 aliphatic heterocycles. The number of rotatable bonds is 6. The highest BCUT2D eigenvalue weighted by molar-refractivity contribution is 6.42. The Balaban J connectivity index is 2.50. The molecule has 0 aromatic heterocycles. The highest BCUT2D eigenvalue weighted by Gasteiger charge is 2.13. The zero-order valence-electron chi connectivity index (χ0n) is 11.8. The summed E-state index contributed by atoms with van der Waals surface area (Å²) in [5.74, 6) is -0.668. The summed E-state index contributed by atoms with van der Waals surface area (Å²) in [6.45, 7) is 1.32. The van der Waals surface area contributed by atoms with E-state index >= 15 is 0 Å². The first-order valence-corrected chi connectivity index (χ1v) is 7.03. The molecule has 1 N–H and O–H groups in total. The van der Waals surface area contributed by atoms with Gasteiger partial charge in [-0.2, -0.15) is 0 Å². The molecule has 7 heteroatoms. The second-order valence-corrected chi connectivity index (χ2v) is 5.44. The van der Waals surface area contributed by atoms with E-state index in [1.54, 1.807) is 12.1 Å². The van der Waals surface area contributed by atoms with E-state index in [4.69, 9.17) is 23.2 Å². The third-order valence-electron chi connectivity index (χ3n) is 2.70. The summed E-state index contributed by atoms with van der Waals surface area (Å²) in [6.07, 6.45) is 0.281. The summed E-state index contributed by atoms with van der Waals surface area (Å²) in [4.78, 5) is 35.6. The molecular formula is C14H16Cl2N2O3. The number of Topliss-reactive ketones (excluding diaryl/α,β-unsaturated/α-hetero) is 1. The Hall–Kier alpha value is -1.59. The molecule has 0 aliphatic rings. The number of carbonyl (C=O) groups is 3. The summed E-state index contributed by atoms with van der Waals surface area (Å²) in [6, 6.07) is 4.71. The molecule has 0 fully saturated rings. The number of hydrogen-bond donors (Lipinski definition) is 1. The van der Waals surface area contributed by atoms with E-state index in [0.717, 1.165) is 0 Å². The van der Waals surface area contributed by atoms with Crippen LogP contribution in [0.4, 0.5) is 5.69 Å². The summed E-state index contributed by atoms with van der Waals surface area (Å²) < 4.78 is 0. The van der Waals surface area contributed by atoms with E-state index < -0.39 is 0 Å². The predicted octanol–water partition coefficient (Wildman–Crippen LogP) is 2.76. The second kappa shape index (κ2) is 8.00. The molecular weight excluding hydrogens is 315 g/mol. The average Bonchev–Trinajstić information content (AvgIpc) is 2.40. The highest BCUT2D eigenvalue weighted by Crippen LogP contribution is 2.24. The van der Waals surface area contributed by atoms with Crippen LogP contribution in [0.3, 0.4) is 0 Å². The van der Waals surface area contributed by atoms with Gasteiger partial charge in [0, 0.05) is 25.6 Å². The van der Waals surface area contributed by atoms with Crippen molar-refractivity contribution in [2.45, 2.75) is 19.8 Å². The van der Waals surface area contributed by atoms with Crippen LogP contribution in [0.2, 0.25) is 10.0 Å². The van der Waals surface area contributed by atoms with E-state index in [2.05, 4.69) is 5.32 Å². The van der Waals surface area contributed by atoms with Crippen LogP contribution in [0.15, 0.2) is 18.2 Å². The molecule has 1 rings (SSSR count). The van der Waals surface area contributed by atoms with Gasteiger partial charge in [-0.15, -0.1) is 0 Å². The van der Waals surface area contributed by atoms with Crippen molar-refractivity contribution in [2.75, 3.05) is 18.9 Å². The summed E-state index contributed by atoms with van der Waals surface area (Å²) in [7, 11) is 1.51. The SMILES string of the molecule is CC(=O)CCC(=O)N(C)CC(=O)Nc1ccc(Cl)c(Cl)c1. The molecule has 1 aromatic rings. The number of ketones is 1. The molecule has 1 aromatic carbocycles. The van der Waals surface area contributed by atoms with Gasteiger partial charge in [-0.3, -0.25) is 9.59 Å².